The van der Waals surface area contributed by atoms with Crippen LogP contribution >= 0.6 is 0 Å². The van der Waals surface area contributed by atoms with E-state index < -0.39 is 0 Å². The van der Waals surface area contributed by atoms with Gasteiger partial charge in [-0.3, -0.25) is 0 Å². The molecule has 2 heterocycles. The van der Waals surface area contributed by atoms with E-state index in [0.717, 1.165) is 17.1 Å². The number of rotatable bonds is 1. The maximum absolute atomic E-state index is 10.7. The van der Waals surface area contributed by atoms with Crippen LogP contribution in [0.3, 0.4) is 0 Å². The van der Waals surface area contributed by atoms with Crippen LogP contribution < -0.4 is 5.32 Å². The molecule has 1 atom stereocenters. The fourth-order valence-electron chi connectivity index (χ4n) is 1.31. The Bertz CT molecular complexity index is 323. The molecule has 1 N–H and O–H groups in total. The predicted octanol–water partition coefficient (Wildman–Crippen LogP) is 1.68. The first kappa shape index (κ1) is 8.16. The normalized spacial score (nSPS) is 21.4. The van der Waals surface area contributed by atoms with Gasteiger partial charge in [-0.1, -0.05) is 0 Å². The minimum absolute atomic E-state index is 0.125. The van der Waals surface area contributed by atoms with Gasteiger partial charge >= 0.3 is 6.09 Å². The molecule has 0 unspecified atom stereocenters. The number of carbonyl (C=O) groups is 1. The van der Waals surface area contributed by atoms with Crippen LogP contribution in [0.4, 0.5) is 4.79 Å². The molecule has 1 amide bonds. The largest absolute Gasteiger partial charge is 0.464 e. The summed E-state index contributed by atoms with van der Waals surface area (Å²) in [5.74, 6) is 1.65. The minimum Gasteiger partial charge on any atom is -0.464 e. The molecule has 0 bridgehead atoms. The van der Waals surface area contributed by atoms with Crippen LogP contribution in [0.25, 0.3) is 0 Å². The van der Waals surface area contributed by atoms with E-state index in [4.69, 9.17) is 9.15 Å². The van der Waals surface area contributed by atoms with Gasteiger partial charge < -0.3 is 14.5 Å². The predicted molar refractivity (Wildman–Crippen MR) is 45.4 cm³/mol. The summed E-state index contributed by atoms with van der Waals surface area (Å²) in [5.41, 5.74) is 1.09. The van der Waals surface area contributed by atoms with Crippen molar-refractivity contribution in [2.75, 3.05) is 6.61 Å². The lowest BCUT2D eigenvalue weighted by molar-refractivity contribution is 0.176. The molecule has 4 heteroatoms. The van der Waals surface area contributed by atoms with Gasteiger partial charge in [0.1, 0.15) is 24.2 Å². The molecule has 1 aliphatic rings. The van der Waals surface area contributed by atoms with E-state index in [1.165, 1.54) is 0 Å². The first-order chi connectivity index (χ1) is 6.16. The van der Waals surface area contributed by atoms with Gasteiger partial charge in [-0.2, -0.15) is 0 Å². The Morgan fingerprint density at radius 1 is 1.54 bits per heavy atom. The van der Waals surface area contributed by atoms with Crippen LogP contribution in [-0.2, 0) is 4.74 Å². The number of hydrogen-bond acceptors (Lipinski definition) is 3. The zero-order valence-corrected chi connectivity index (χ0v) is 7.59. The second kappa shape index (κ2) is 2.80. The quantitative estimate of drug-likeness (QED) is 0.717. The van der Waals surface area contributed by atoms with Gasteiger partial charge in [-0.05, 0) is 25.5 Å². The summed E-state index contributed by atoms with van der Waals surface area (Å²) >= 11 is 0. The third-order valence-corrected chi connectivity index (χ3v) is 2.20. The van der Waals surface area contributed by atoms with Crippen molar-refractivity contribution in [3.8, 4) is 0 Å². The number of ether oxygens (including phenoxy) is 1. The molecule has 1 fully saturated rings. The Morgan fingerprint density at radius 2 is 2.31 bits per heavy atom. The highest BCUT2D eigenvalue weighted by Gasteiger charge is 2.26. The Balaban J connectivity index is 2.21. The third-order valence-electron chi connectivity index (χ3n) is 2.20. The minimum atomic E-state index is -0.378. The van der Waals surface area contributed by atoms with E-state index in [0.29, 0.717) is 6.61 Å². The van der Waals surface area contributed by atoms with Gasteiger partial charge in [0.15, 0.2) is 0 Å². The molecule has 0 saturated carbocycles. The molecule has 1 aromatic rings. The Kier molecular flexibility index (Phi) is 1.76. The molecular formula is C9H11NO3. The molecule has 4 nitrogen and oxygen atoms in total. The molecule has 13 heavy (non-hydrogen) atoms. The Morgan fingerprint density at radius 3 is 2.77 bits per heavy atom. The van der Waals surface area contributed by atoms with Gasteiger partial charge in [0.05, 0.1) is 0 Å². The first-order valence-corrected chi connectivity index (χ1v) is 4.17. The average molecular weight is 181 g/mol. The zero-order valence-electron chi connectivity index (χ0n) is 7.59. The maximum atomic E-state index is 10.7. The number of hydrogen-bond donors (Lipinski definition) is 1. The van der Waals surface area contributed by atoms with E-state index in [-0.39, 0.29) is 12.1 Å². The van der Waals surface area contributed by atoms with Crippen LogP contribution in [0.2, 0.25) is 0 Å². The lowest BCUT2D eigenvalue weighted by Crippen LogP contribution is -2.17. The molecule has 0 aliphatic carbocycles. The van der Waals surface area contributed by atoms with E-state index in [1.54, 1.807) is 0 Å². The second-order valence-electron chi connectivity index (χ2n) is 3.18. The van der Waals surface area contributed by atoms with E-state index in [1.807, 2.05) is 19.9 Å². The zero-order chi connectivity index (χ0) is 9.42. The topological polar surface area (TPSA) is 51.5 Å². The molecule has 0 radical (unpaired) electrons. The van der Waals surface area contributed by atoms with Gasteiger partial charge in [0.25, 0.3) is 0 Å². The molecular weight excluding hydrogens is 170 g/mol. The summed E-state index contributed by atoms with van der Waals surface area (Å²) in [5, 5.41) is 2.66. The molecule has 70 valence electrons. The van der Waals surface area contributed by atoms with Crippen molar-refractivity contribution in [1.29, 1.82) is 0 Å². The highest BCUT2D eigenvalue weighted by atomic mass is 16.6. The smallest absolute Gasteiger partial charge is 0.407 e. The van der Waals surface area contributed by atoms with Crippen molar-refractivity contribution < 1.29 is 13.9 Å². The number of amides is 1. The van der Waals surface area contributed by atoms with Crippen molar-refractivity contribution in [1.82, 2.24) is 5.32 Å². The SMILES string of the molecule is Cc1cc([C@H]2COC(=O)N2)oc1C. The summed E-state index contributed by atoms with van der Waals surface area (Å²) in [6, 6.07) is 1.80. The number of cyclic esters (lactones) is 1. The van der Waals surface area contributed by atoms with Crippen molar-refractivity contribution in [3.05, 3.63) is 23.2 Å². The van der Waals surface area contributed by atoms with Gasteiger partial charge in [-0.25, -0.2) is 4.79 Å². The summed E-state index contributed by atoms with van der Waals surface area (Å²) in [4.78, 5) is 10.7. The van der Waals surface area contributed by atoms with Crippen LogP contribution in [0.5, 0.6) is 0 Å². The summed E-state index contributed by atoms with van der Waals surface area (Å²) in [7, 11) is 0. The monoisotopic (exact) mass is 181 g/mol. The lowest BCUT2D eigenvalue weighted by atomic mass is 10.2. The van der Waals surface area contributed by atoms with Crippen LogP contribution in [-0.4, -0.2) is 12.7 Å². The van der Waals surface area contributed by atoms with Crippen LogP contribution in [0.15, 0.2) is 10.5 Å². The molecule has 2 rings (SSSR count). The average Bonchev–Trinajstić information content (AvgIpc) is 2.61. The summed E-state index contributed by atoms with van der Waals surface area (Å²) in [6.07, 6.45) is -0.378. The maximum Gasteiger partial charge on any atom is 0.407 e. The van der Waals surface area contributed by atoms with Gasteiger partial charge in [0.2, 0.25) is 0 Å². The number of carbonyl (C=O) groups excluding carboxylic acids is 1. The molecule has 1 aliphatic heterocycles. The van der Waals surface area contributed by atoms with Crippen molar-refractivity contribution in [2.24, 2.45) is 0 Å². The third kappa shape index (κ3) is 1.39. The van der Waals surface area contributed by atoms with Crippen molar-refractivity contribution in [2.45, 2.75) is 19.9 Å². The van der Waals surface area contributed by atoms with Crippen LogP contribution in [0, 0.1) is 13.8 Å². The molecule has 1 saturated heterocycles. The first-order valence-electron chi connectivity index (χ1n) is 4.17. The highest BCUT2D eigenvalue weighted by Crippen LogP contribution is 2.22. The molecule has 1 aromatic heterocycles. The van der Waals surface area contributed by atoms with Crippen LogP contribution in [0.1, 0.15) is 23.1 Å². The Hall–Kier alpha value is -1.45. The second-order valence-corrected chi connectivity index (χ2v) is 3.18. The van der Waals surface area contributed by atoms with E-state index in [9.17, 15) is 4.79 Å². The highest BCUT2D eigenvalue weighted by molar-refractivity contribution is 5.69. The fraction of sp³-hybridized carbons (Fsp3) is 0.444. The van der Waals surface area contributed by atoms with E-state index >= 15 is 0 Å². The van der Waals surface area contributed by atoms with E-state index in [2.05, 4.69) is 5.32 Å². The summed E-state index contributed by atoms with van der Waals surface area (Å²) in [6.45, 7) is 4.22. The molecule has 0 aromatic carbocycles. The molecule has 0 spiro atoms. The number of nitrogens with one attached hydrogen (secondary N) is 1. The Labute approximate surface area is 75.9 Å². The van der Waals surface area contributed by atoms with Gasteiger partial charge in [0, 0.05) is 0 Å². The number of furan rings is 1. The standard InChI is InChI=1S/C9H11NO3/c1-5-3-8(13-6(5)2)7-4-12-9(11)10-7/h3,7H,4H2,1-2H3,(H,10,11)/t7-/m1/s1. The fourth-order valence-corrected chi connectivity index (χ4v) is 1.31. The van der Waals surface area contributed by atoms with Crippen molar-refractivity contribution in [3.63, 3.8) is 0 Å². The van der Waals surface area contributed by atoms with Gasteiger partial charge in [-0.15, -0.1) is 0 Å². The number of alkyl carbamates (subject to hydrolysis) is 1. The lowest BCUT2D eigenvalue weighted by Gasteiger charge is -2.00. The van der Waals surface area contributed by atoms with Crippen molar-refractivity contribution >= 4 is 6.09 Å². The number of aryl methyl sites for hydroxylation is 2. The summed E-state index contributed by atoms with van der Waals surface area (Å²) < 4.78 is 10.2.